The Balaban J connectivity index is 2.20. The molecule has 0 spiro atoms. The molecule has 0 amide bonds. The third-order valence-corrected chi connectivity index (χ3v) is 2.47. The molecule has 68 valence electrons. The highest BCUT2D eigenvalue weighted by Crippen LogP contribution is 2.14. The lowest BCUT2D eigenvalue weighted by Gasteiger charge is -2.11. The van der Waals surface area contributed by atoms with Gasteiger partial charge in [-0.1, -0.05) is 6.42 Å². The minimum Gasteiger partial charge on any atom is -0.294 e. The summed E-state index contributed by atoms with van der Waals surface area (Å²) in [6, 6.07) is 0. The molecule has 12 heavy (non-hydrogen) atoms. The van der Waals surface area contributed by atoms with Gasteiger partial charge in [-0.3, -0.25) is 9.79 Å². The van der Waals surface area contributed by atoms with Gasteiger partial charge in [-0.2, -0.15) is 0 Å². The second kappa shape index (κ2) is 5.46. The fourth-order valence-corrected chi connectivity index (χ4v) is 1.60. The van der Waals surface area contributed by atoms with Crippen molar-refractivity contribution in [3.05, 3.63) is 0 Å². The number of nitrogens with zero attached hydrogens (tertiary/aromatic N) is 1. The van der Waals surface area contributed by atoms with Crippen molar-refractivity contribution in [3.63, 3.8) is 0 Å². The molecule has 1 fully saturated rings. The first-order valence-electron chi connectivity index (χ1n) is 4.49. The summed E-state index contributed by atoms with van der Waals surface area (Å²) in [6.07, 6.45) is 6.73. The second-order valence-corrected chi connectivity index (χ2v) is 4.00. The summed E-state index contributed by atoms with van der Waals surface area (Å²) < 4.78 is 0.0580. The number of rotatable bonds is 3. The quantitative estimate of drug-likeness (QED) is 0.688. The van der Waals surface area contributed by atoms with Crippen LogP contribution in [-0.4, -0.2) is 16.9 Å². The van der Waals surface area contributed by atoms with Crippen LogP contribution >= 0.6 is 15.9 Å². The molecule has 0 unspecified atom stereocenters. The standard InChI is InChI=1S/C9H14BrNO/c10-9(12)6-7-11-8-4-2-1-3-5-8/h1-7H2. The molecule has 0 aromatic rings. The van der Waals surface area contributed by atoms with E-state index in [1.54, 1.807) is 0 Å². The van der Waals surface area contributed by atoms with Crippen molar-refractivity contribution in [1.82, 2.24) is 0 Å². The van der Waals surface area contributed by atoms with E-state index in [4.69, 9.17) is 0 Å². The monoisotopic (exact) mass is 231 g/mol. The molecule has 0 aromatic heterocycles. The third-order valence-electron chi connectivity index (χ3n) is 2.07. The largest absolute Gasteiger partial charge is 0.294 e. The average molecular weight is 232 g/mol. The lowest BCUT2D eigenvalue weighted by Crippen LogP contribution is -2.05. The number of carbonyl (C=O) groups is 1. The Morgan fingerprint density at radius 2 is 2.00 bits per heavy atom. The van der Waals surface area contributed by atoms with Gasteiger partial charge in [0.25, 0.3) is 0 Å². The average Bonchev–Trinajstić information content (AvgIpc) is 2.05. The SMILES string of the molecule is O=C(Br)CCN=C1CCCCC1. The minimum atomic E-state index is 0.0580. The molecule has 0 aromatic carbocycles. The topological polar surface area (TPSA) is 29.4 Å². The first-order valence-corrected chi connectivity index (χ1v) is 5.29. The van der Waals surface area contributed by atoms with Crippen LogP contribution in [-0.2, 0) is 4.79 Å². The van der Waals surface area contributed by atoms with E-state index < -0.39 is 0 Å². The van der Waals surface area contributed by atoms with Crippen LogP contribution in [0.25, 0.3) is 0 Å². The van der Waals surface area contributed by atoms with E-state index in [-0.39, 0.29) is 4.69 Å². The fraction of sp³-hybridized carbons (Fsp3) is 0.778. The molecule has 0 N–H and O–H groups in total. The molecule has 3 heteroatoms. The smallest absolute Gasteiger partial charge is 0.199 e. The van der Waals surface area contributed by atoms with Crippen molar-refractivity contribution in [3.8, 4) is 0 Å². The van der Waals surface area contributed by atoms with E-state index in [0.29, 0.717) is 13.0 Å². The Morgan fingerprint density at radius 1 is 1.33 bits per heavy atom. The highest BCUT2D eigenvalue weighted by Gasteiger charge is 2.05. The first kappa shape index (κ1) is 9.90. The summed E-state index contributed by atoms with van der Waals surface area (Å²) >= 11 is 2.89. The summed E-state index contributed by atoms with van der Waals surface area (Å²) in [4.78, 5) is 14.9. The van der Waals surface area contributed by atoms with Crippen molar-refractivity contribution >= 4 is 26.3 Å². The Kier molecular flexibility index (Phi) is 4.51. The molecule has 0 bridgehead atoms. The van der Waals surface area contributed by atoms with Crippen LogP contribution in [0.4, 0.5) is 0 Å². The first-order chi connectivity index (χ1) is 5.79. The van der Waals surface area contributed by atoms with Gasteiger partial charge in [0.15, 0.2) is 4.69 Å². The van der Waals surface area contributed by atoms with E-state index in [1.807, 2.05) is 0 Å². The Labute approximate surface area is 81.6 Å². The van der Waals surface area contributed by atoms with Crippen LogP contribution < -0.4 is 0 Å². The minimum absolute atomic E-state index is 0.0580. The van der Waals surface area contributed by atoms with Crippen LogP contribution in [0.15, 0.2) is 4.99 Å². The number of carbonyl (C=O) groups excluding carboxylic acids is 1. The Morgan fingerprint density at radius 3 is 2.58 bits per heavy atom. The maximum Gasteiger partial charge on any atom is 0.199 e. The van der Waals surface area contributed by atoms with E-state index in [9.17, 15) is 4.79 Å². The third kappa shape index (κ3) is 4.00. The summed E-state index contributed by atoms with van der Waals surface area (Å²) in [7, 11) is 0. The second-order valence-electron chi connectivity index (χ2n) is 3.11. The van der Waals surface area contributed by atoms with Gasteiger partial charge in [-0.15, -0.1) is 0 Å². The van der Waals surface area contributed by atoms with Gasteiger partial charge in [0.05, 0.1) is 0 Å². The van der Waals surface area contributed by atoms with Gasteiger partial charge in [-0.25, -0.2) is 0 Å². The van der Waals surface area contributed by atoms with Crippen molar-refractivity contribution in [2.24, 2.45) is 4.99 Å². The molecule has 2 nitrogen and oxygen atoms in total. The van der Waals surface area contributed by atoms with E-state index in [1.165, 1.54) is 25.0 Å². The van der Waals surface area contributed by atoms with Crippen molar-refractivity contribution in [2.45, 2.75) is 38.5 Å². The molecular weight excluding hydrogens is 218 g/mol. The highest BCUT2D eigenvalue weighted by molar-refractivity contribution is 9.18. The van der Waals surface area contributed by atoms with Gasteiger partial charge < -0.3 is 0 Å². The number of hydrogen-bond donors (Lipinski definition) is 0. The van der Waals surface area contributed by atoms with Crippen molar-refractivity contribution in [2.75, 3.05) is 6.54 Å². The summed E-state index contributed by atoms with van der Waals surface area (Å²) in [5, 5.41) is 0. The molecule has 1 aliphatic rings. The zero-order valence-electron chi connectivity index (χ0n) is 7.18. The number of hydrogen-bond acceptors (Lipinski definition) is 2. The number of halogens is 1. The van der Waals surface area contributed by atoms with Gasteiger partial charge in [-0.05, 0) is 41.6 Å². The van der Waals surface area contributed by atoms with E-state index in [2.05, 4.69) is 20.9 Å². The summed E-state index contributed by atoms with van der Waals surface area (Å²) in [6.45, 7) is 0.666. The maximum absolute atomic E-state index is 10.5. The summed E-state index contributed by atoms with van der Waals surface area (Å²) in [5.41, 5.74) is 1.31. The fourth-order valence-electron chi connectivity index (χ4n) is 1.42. The van der Waals surface area contributed by atoms with Crippen molar-refractivity contribution < 1.29 is 4.79 Å². The van der Waals surface area contributed by atoms with E-state index in [0.717, 1.165) is 12.8 Å². The molecule has 0 aliphatic heterocycles. The molecule has 0 atom stereocenters. The Hall–Kier alpha value is -0.180. The van der Waals surface area contributed by atoms with E-state index >= 15 is 0 Å². The van der Waals surface area contributed by atoms with Crippen LogP contribution in [0.2, 0.25) is 0 Å². The highest BCUT2D eigenvalue weighted by atomic mass is 79.9. The molecule has 1 aliphatic carbocycles. The van der Waals surface area contributed by atoms with Crippen LogP contribution in [0.1, 0.15) is 38.5 Å². The number of aliphatic imine (C=N–C) groups is 1. The zero-order chi connectivity index (χ0) is 8.81. The predicted molar refractivity (Wildman–Crippen MR) is 53.9 cm³/mol. The van der Waals surface area contributed by atoms with Gasteiger partial charge in [0, 0.05) is 18.7 Å². The van der Waals surface area contributed by atoms with Gasteiger partial charge in [0.2, 0.25) is 0 Å². The van der Waals surface area contributed by atoms with Gasteiger partial charge >= 0.3 is 0 Å². The summed E-state index contributed by atoms with van der Waals surface area (Å²) in [5.74, 6) is 0. The van der Waals surface area contributed by atoms with Crippen LogP contribution in [0.3, 0.4) is 0 Å². The lowest BCUT2D eigenvalue weighted by molar-refractivity contribution is -0.110. The van der Waals surface area contributed by atoms with Crippen LogP contribution in [0, 0.1) is 0 Å². The molecule has 0 saturated heterocycles. The maximum atomic E-state index is 10.5. The zero-order valence-corrected chi connectivity index (χ0v) is 8.77. The predicted octanol–water partition coefficient (Wildman–Crippen LogP) is 2.70. The van der Waals surface area contributed by atoms with Crippen LogP contribution in [0.5, 0.6) is 0 Å². The molecule has 1 rings (SSSR count). The Bertz CT molecular complexity index is 181. The molecular formula is C9H14BrNO. The van der Waals surface area contributed by atoms with Crippen molar-refractivity contribution in [1.29, 1.82) is 0 Å². The van der Waals surface area contributed by atoms with Gasteiger partial charge in [0.1, 0.15) is 0 Å². The molecule has 1 saturated carbocycles. The molecule has 0 radical (unpaired) electrons. The lowest BCUT2D eigenvalue weighted by atomic mass is 9.98. The normalized spacial score (nSPS) is 17.6. The molecule has 0 heterocycles.